The molecule has 3 saturated carbocycles. The number of hydrogen-bond acceptors (Lipinski definition) is 3. The van der Waals surface area contributed by atoms with E-state index in [0.717, 1.165) is 30.4 Å². The highest BCUT2D eigenvalue weighted by molar-refractivity contribution is 6.01. The molecule has 3 nitrogen and oxygen atoms in total. The van der Waals surface area contributed by atoms with E-state index >= 15 is 0 Å². The van der Waals surface area contributed by atoms with Crippen molar-refractivity contribution in [3.63, 3.8) is 0 Å². The summed E-state index contributed by atoms with van der Waals surface area (Å²) >= 11 is 0. The molecule has 0 aromatic carbocycles. The zero-order valence-electron chi connectivity index (χ0n) is 17.7. The van der Waals surface area contributed by atoms with Crippen molar-refractivity contribution < 1.29 is 9.94 Å². The molecule has 150 valence electrons. The van der Waals surface area contributed by atoms with Gasteiger partial charge in [-0.15, -0.1) is 0 Å². The van der Waals surface area contributed by atoms with Crippen molar-refractivity contribution in [2.24, 2.45) is 33.7 Å². The maximum atomic E-state index is 11.1. The van der Waals surface area contributed by atoms with E-state index in [9.17, 15) is 5.11 Å². The molecule has 6 atom stereocenters. The minimum atomic E-state index is -0.482. The summed E-state index contributed by atoms with van der Waals surface area (Å²) in [4.78, 5) is 5.41. The summed E-state index contributed by atoms with van der Waals surface area (Å²) in [6.45, 7) is 13.4. The van der Waals surface area contributed by atoms with Gasteiger partial charge < -0.3 is 9.94 Å². The summed E-state index contributed by atoms with van der Waals surface area (Å²) < 4.78 is 0. The van der Waals surface area contributed by atoms with Crippen LogP contribution in [0.4, 0.5) is 0 Å². The van der Waals surface area contributed by atoms with E-state index in [0.29, 0.717) is 17.9 Å². The molecule has 27 heavy (non-hydrogen) atoms. The molecule has 0 unspecified atom stereocenters. The largest absolute Gasteiger partial charge is 0.391 e. The van der Waals surface area contributed by atoms with Gasteiger partial charge in [0.2, 0.25) is 0 Å². The van der Waals surface area contributed by atoms with Crippen molar-refractivity contribution in [1.29, 1.82) is 0 Å². The zero-order chi connectivity index (χ0) is 19.4. The fraction of sp³-hybridized carbons (Fsp3) is 0.792. The molecule has 0 radical (unpaired) electrons. The molecule has 0 aromatic rings. The highest BCUT2D eigenvalue weighted by atomic mass is 16.6. The fourth-order valence-electron chi connectivity index (χ4n) is 7.52. The second-order valence-electron chi connectivity index (χ2n) is 10.3. The summed E-state index contributed by atoms with van der Waals surface area (Å²) in [5, 5.41) is 15.5. The summed E-state index contributed by atoms with van der Waals surface area (Å²) in [5.41, 5.74) is 4.11. The van der Waals surface area contributed by atoms with Crippen LogP contribution in [0.1, 0.15) is 79.1 Å². The summed E-state index contributed by atoms with van der Waals surface area (Å²) in [6, 6.07) is 0. The molecule has 4 rings (SSSR count). The minimum Gasteiger partial charge on any atom is -0.391 e. The quantitative estimate of drug-likeness (QED) is 0.396. The van der Waals surface area contributed by atoms with Crippen LogP contribution in [-0.2, 0) is 4.84 Å². The zero-order valence-corrected chi connectivity index (χ0v) is 17.7. The fourth-order valence-corrected chi connectivity index (χ4v) is 7.52. The van der Waals surface area contributed by atoms with Gasteiger partial charge in [-0.2, -0.15) is 0 Å². The second-order valence-corrected chi connectivity index (χ2v) is 10.3. The van der Waals surface area contributed by atoms with Crippen molar-refractivity contribution in [3.05, 3.63) is 23.8 Å². The minimum absolute atomic E-state index is 0.112. The van der Waals surface area contributed by atoms with Gasteiger partial charge in [0.25, 0.3) is 0 Å². The predicted molar refractivity (Wildman–Crippen MR) is 111 cm³/mol. The maximum absolute atomic E-state index is 11.1. The Morgan fingerprint density at radius 1 is 1.11 bits per heavy atom. The van der Waals surface area contributed by atoms with Crippen LogP contribution in [0.2, 0.25) is 0 Å². The van der Waals surface area contributed by atoms with Crippen molar-refractivity contribution in [1.82, 2.24) is 0 Å². The van der Waals surface area contributed by atoms with Crippen LogP contribution >= 0.6 is 0 Å². The lowest BCUT2D eigenvalue weighted by Crippen LogP contribution is -2.54. The number of fused-ring (bicyclic) bond motifs is 5. The normalized spacial score (nSPS) is 48.0. The summed E-state index contributed by atoms with van der Waals surface area (Å²) in [5.74, 6) is 2.23. The lowest BCUT2D eigenvalue weighted by Gasteiger charge is -2.59. The van der Waals surface area contributed by atoms with Gasteiger partial charge in [0, 0.05) is 0 Å². The molecule has 0 bridgehead atoms. The van der Waals surface area contributed by atoms with Crippen LogP contribution in [0.25, 0.3) is 0 Å². The van der Waals surface area contributed by atoms with Crippen molar-refractivity contribution >= 4 is 5.71 Å². The van der Waals surface area contributed by atoms with Gasteiger partial charge in [-0.3, -0.25) is 0 Å². The van der Waals surface area contributed by atoms with Crippen molar-refractivity contribution in [2.75, 3.05) is 6.61 Å². The lowest BCUT2D eigenvalue weighted by molar-refractivity contribution is -0.117. The van der Waals surface area contributed by atoms with Crippen molar-refractivity contribution in [3.8, 4) is 0 Å². The number of hydrogen-bond donors (Lipinski definition) is 1. The molecular formula is C24H37NO2. The molecule has 0 amide bonds. The first-order valence-corrected chi connectivity index (χ1v) is 11.0. The predicted octanol–water partition coefficient (Wildman–Crippen LogP) is 5.65. The Morgan fingerprint density at radius 3 is 2.59 bits per heavy atom. The Hall–Kier alpha value is -1.09. The molecule has 3 heteroatoms. The van der Waals surface area contributed by atoms with E-state index in [1.54, 1.807) is 11.6 Å². The molecule has 4 aliphatic carbocycles. The number of rotatable bonds is 3. The number of oxime groups is 1. The molecule has 1 N–H and O–H groups in total. The molecule has 0 saturated heterocycles. The third-order valence-corrected chi connectivity index (χ3v) is 9.37. The molecular weight excluding hydrogens is 334 g/mol. The summed E-state index contributed by atoms with van der Waals surface area (Å²) in [7, 11) is 0. The van der Waals surface area contributed by atoms with E-state index in [1.807, 2.05) is 0 Å². The Kier molecular flexibility index (Phi) is 4.61. The average molecular weight is 372 g/mol. The molecule has 0 spiro atoms. The molecule has 4 aliphatic rings. The van der Waals surface area contributed by atoms with Crippen LogP contribution < -0.4 is 0 Å². The van der Waals surface area contributed by atoms with Crippen LogP contribution in [0, 0.1) is 28.6 Å². The van der Waals surface area contributed by atoms with E-state index in [2.05, 4.69) is 39.4 Å². The lowest BCUT2D eigenvalue weighted by atomic mass is 9.46. The van der Waals surface area contributed by atoms with E-state index in [1.165, 1.54) is 44.1 Å². The molecule has 3 fully saturated rings. The third kappa shape index (κ3) is 2.68. The highest BCUT2D eigenvalue weighted by Crippen LogP contribution is 2.67. The third-order valence-electron chi connectivity index (χ3n) is 9.37. The van der Waals surface area contributed by atoms with Gasteiger partial charge in [0.15, 0.2) is 0 Å². The van der Waals surface area contributed by atoms with Gasteiger partial charge >= 0.3 is 0 Å². The van der Waals surface area contributed by atoms with Crippen LogP contribution in [-0.4, -0.2) is 23.0 Å². The van der Waals surface area contributed by atoms with Crippen LogP contribution in [0.15, 0.2) is 29.0 Å². The number of nitrogens with zero attached hydrogens (tertiary/aromatic N) is 1. The van der Waals surface area contributed by atoms with E-state index in [-0.39, 0.29) is 5.41 Å². The second kappa shape index (κ2) is 6.47. The van der Waals surface area contributed by atoms with Crippen LogP contribution in [0.3, 0.4) is 0 Å². The smallest absolute Gasteiger partial charge is 0.135 e. The van der Waals surface area contributed by atoms with Gasteiger partial charge in [0.1, 0.15) is 6.61 Å². The van der Waals surface area contributed by atoms with Gasteiger partial charge in [0.05, 0.1) is 11.3 Å². The van der Waals surface area contributed by atoms with E-state index < -0.39 is 5.60 Å². The Bertz CT molecular complexity index is 690. The van der Waals surface area contributed by atoms with Gasteiger partial charge in [-0.1, -0.05) is 37.2 Å². The first-order valence-electron chi connectivity index (χ1n) is 11.0. The van der Waals surface area contributed by atoms with Crippen LogP contribution in [0.5, 0.6) is 0 Å². The Morgan fingerprint density at radius 2 is 1.85 bits per heavy atom. The van der Waals surface area contributed by atoms with Gasteiger partial charge in [-0.05, 0) is 99.4 Å². The molecule has 0 aromatic heterocycles. The standard InChI is InChI=1S/C24H37NO2/c1-6-15-27-25-21-11-12-22(3)18(16(21)2)8-7-17-19(22)9-13-23(4)20(17)10-14-24(23,5)26/h6,17,19-20,26H,1,7-15H2,2-5H3/b25-21+/t17-,19+,20+,22+,23+,24+/m1/s1. The Labute approximate surface area is 164 Å². The summed E-state index contributed by atoms with van der Waals surface area (Å²) in [6.07, 6.45) is 11.1. The average Bonchev–Trinajstić information content (AvgIpc) is 2.87. The first-order chi connectivity index (χ1) is 12.7. The van der Waals surface area contributed by atoms with Crippen molar-refractivity contribution in [2.45, 2.75) is 84.7 Å². The highest BCUT2D eigenvalue weighted by Gasteiger charge is 2.62. The molecule has 0 heterocycles. The first kappa shape index (κ1) is 19.2. The van der Waals surface area contributed by atoms with Gasteiger partial charge in [-0.25, -0.2) is 0 Å². The topological polar surface area (TPSA) is 41.8 Å². The number of aliphatic hydroxyl groups is 1. The molecule has 0 aliphatic heterocycles. The maximum Gasteiger partial charge on any atom is 0.135 e. The monoisotopic (exact) mass is 371 g/mol. The van der Waals surface area contributed by atoms with E-state index in [4.69, 9.17) is 4.84 Å². The number of allylic oxidation sites excluding steroid dienone is 2. The SMILES string of the molecule is C=CCO/N=C1\CC[C@@]2(C)C(=C1C)CC[C@@H]1[C@@H]2CC[C@@]2(C)[C@H]1CC[C@]2(C)O. The Balaban J connectivity index is 1.64.